The molecule has 2 unspecified atom stereocenters. The van der Waals surface area contributed by atoms with Crippen LogP contribution in [0.5, 0.6) is 11.5 Å². The van der Waals surface area contributed by atoms with Crippen molar-refractivity contribution in [2.24, 2.45) is 5.73 Å². The molecule has 1 saturated carbocycles. The topological polar surface area (TPSA) is 73.6 Å². The molecule has 0 aromatic heterocycles. The Bertz CT molecular complexity index is 518. The molecule has 1 aliphatic heterocycles. The molecule has 1 amide bonds. The van der Waals surface area contributed by atoms with Crippen molar-refractivity contribution in [1.29, 1.82) is 0 Å². The number of amides is 1. The highest BCUT2D eigenvalue weighted by Gasteiger charge is 2.23. The monoisotopic (exact) mass is 290 g/mol. The van der Waals surface area contributed by atoms with Crippen LogP contribution in [0.4, 0.5) is 0 Å². The van der Waals surface area contributed by atoms with Gasteiger partial charge in [0.2, 0.25) is 0 Å². The SMILES string of the molecule is NC1CCCCCC1NC(=O)c1ccc2c(c1)OCCO2. The predicted molar refractivity (Wildman–Crippen MR) is 79.7 cm³/mol. The van der Waals surface area contributed by atoms with Crippen LogP contribution in [0.2, 0.25) is 0 Å². The Morgan fingerprint density at radius 2 is 1.86 bits per heavy atom. The Hall–Kier alpha value is -1.75. The Morgan fingerprint density at radius 3 is 2.71 bits per heavy atom. The van der Waals surface area contributed by atoms with E-state index in [9.17, 15) is 4.79 Å². The first-order valence-electron chi connectivity index (χ1n) is 7.70. The molecule has 3 rings (SSSR count). The van der Waals surface area contributed by atoms with E-state index < -0.39 is 0 Å². The van der Waals surface area contributed by atoms with Crippen LogP contribution in [0.25, 0.3) is 0 Å². The Balaban J connectivity index is 1.69. The van der Waals surface area contributed by atoms with Crippen LogP contribution in [0.3, 0.4) is 0 Å². The van der Waals surface area contributed by atoms with E-state index in [0.29, 0.717) is 30.3 Å². The van der Waals surface area contributed by atoms with Crippen LogP contribution >= 0.6 is 0 Å². The van der Waals surface area contributed by atoms with Crippen molar-refractivity contribution in [2.75, 3.05) is 13.2 Å². The first-order chi connectivity index (χ1) is 10.2. The van der Waals surface area contributed by atoms with E-state index in [1.807, 2.05) is 0 Å². The second kappa shape index (κ2) is 6.35. The number of carbonyl (C=O) groups is 1. The Kier molecular flexibility index (Phi) is 4.29. The highest BCUT2D eigenvalue weighted by molar-refractivity contribution is 5.95. The molecule has 0 spiro atoms. The van der Waals surface area contributed by atoms with Gasteiger partial charge in [-0.1, -0.05) is 19.3 Å². The first-order valence-corrected chi connectivity index (χ1v) is 7.70. The number of ether oxygens (including phenoxy) is 2. The van der Waals surface area contributed by atoms with E-state index in [0.717, 1.165) is 25.7 Å². The van der Waals surface area contributed by atoms with Crippen LogP contribution in [-0.4, -0.2) is 31.2 Å². The molecule has 3 N–H and O–H groups in total. The highest BCUT2D eigenvalue weighted by atomic mass is 16.6. The van der Waals surface area contributed by atoms with Crippen molar-refractivity contribution < 1.29 is 14.3 Å². The number of hydrogen-bond acceptors (Lipinski definition) is 4. The smallest absolute Gasteiger partial charge is 0.251 e. The van der Waals surface area contributed by atoms with Gasteiger partial charge in [0.1, 0.15) is 13.2 Å². The maximum absolute atomic E-state index is 12.4. The number of nitrogens with two attached hydrogens (primary N) is 1. The molecule has 5 nitrogen and oxygen atoms in total. The molecule has 5 heteroatoms. The second-order valence-electron chi connectivity index (χ2n) is 5.74. The molecule has 21 heavy (non-hydrogen) atoms. The van der Waals surface area contributed by atoms with Crippen LogP contribution in [0.15, 0.2) is 18.2 Å². The molecule has 1 fully saturated rings. The standard InChI is InChI=1S/C16H22N2O3/c17-12-4-2-1-3-5-13(12)18-16(19)11-6-7-14-15(10-11)21-9-8-20-14/h6-7,10,12-13H,1-5,8-9,17H2,(H,18,19). The van der Waals surface area contributed by atoms with Crippen molar-refractivity contribution in [3.05, 3.63) is 23.8 Å². The van der Waals surface area contributed by atoms with Crippen LogP contribution in [-0.2, 0) is 0 Å². The average molecular weight is 290 g/mol. The van der Waals surface area contributed by atoms with Crippen molar-refractivity contribution >= 4 is 5.91 Å². The third-order valence-corrected chi connectivity index (χ3v) is 4.19. The maximum Gasteiger partial charge on any atom is 0.251 e. The number of benzene rings is 1. The Morgan fingerprint density at radius 1 is 1.10 bits per heavy atom. The fourth-order valence-electron chi connectivity index (χ4n) is 2.95. The molecule has 1 heterocycles. The lowest BCUT2D eigenvalue weighted by Gasteiger charge is -2.23. The van der Waals surface area contributed by atoms with E-state index in [1.165, 1.54) is 6.42 Å². The normalized spacial score (nSPS) is 25.0. The van der Waals surface area contributed by atoms with Crippen molar-refractivity contribution in [3.8, 4) is 11.5 Å². The molecular formula is C16H22N2O3. The van der Waals surface area contributed by atoms with Gasteiger partial charge in [-0.2, -0.15) is 0 Å². The zero-order chi connectivity index (χ0) is 14.7. The summed E-state index contributed by atoms with van der Waals surface area (Å²) < 4.78 is 11.0. The average Bonchev–Trinajstić information content (AvgIpc) is 2.72. The molecule has 1 aromatic rings. The summed E-state index contributed by atoms with van der Waals surface area (Å²) in [5, 5.41) is 3.07. The van der Waals surface area contributed by atoms with Crippen LogP contribution < -0.4 is 20.5 Å². The van der Waals surface area contributed by atoms with Gasteiger partial charge < -0.3 is 20.5 Å². The van der Waals surface area contributed by atoms with E-state index in [-0.39, 0.29) is 18.0 Å². The van der Waals surface area contributed by atoms with Crippen molar-refractivity contribution in [1.82, 2.24) is 5.32 Å². The number of rotatable bonds is 2. The lowest BCUT2D eigenvalue weighted by Crippen LogP contribution is -2.46. The second-order valence-corrected chi connectivity index (χ2v) is 5.74. The van der Waals surface area contributed by atoms with Gasteiger partial charge in [0.05, 0.1) is 0 Å². The number of nitrogens with one attached hydrogen (secondary N) is 1. The summed E-state index contributed by atoms with van der Waals surface area (Å²) in [6.45, 7) is 1.07. The number of hydrogen-bond donors (Lipinski definition) is 2. The fraction of sp³-hybridized carbons (Fsp3) is 0.562. The first kappa shape index (κ1) is 14.2. The van der Waals surface area contributed by atoms with Crippen molar-refractivity contribution in [2.45, 2.75) is 44.2 Å². The molecule has 1 aliphatic carbocycles. The van der Waals surface area contributed by atoms with E-state index in [2.05, 4.69) is 5.32 Å². The summed E-state index contributed by atoms with van der Waals surface area (Å²) >= 11 is 0. The van der Waals surface area contributed by atoms with Gasteiger partial charge in [-0.05, 0) is 31.0 Å². The van der Waals surface area contributed by atoms with Gasteiger partial charge in [0.25, 0.3) is 5.91 Å². The summed E-state index contributed by atoms with van der Waals surface area (Å²) in [6, 6.07) is 5.41. The highest BCUT2D eigenvalue weighted by Crippen LogP contribution is 2.30. The van der Waals surface area contributed by atoms with Gasteiger partial charge >= 0.3 is 0 Å². The summed E-state index contributed by atoms with van der Waals surface area (Å²) in [6.07, 6.45) is 5.41. The molecule has 2 aliphatic rings. The van der Waals surface area contributed by atoms with Crippen LogP contribution in [0, 0.1) is 0 Å². The fourth-order valence-corrected chi connectivity index (χ4v) is 2.95. The lowest BCUT2D eigenvalue weighted by molar-refractivity contribution is 0.0927. The molecule has 1 aromatic carbocycles. The largest absolute Gasteiger partial charge is 0.486 e. The minimum atomic E-state index is -0.0886. The third kappa shape index (κ3) is 3.29. The quantitative estimate of drug-likeness (QED) is 0.815. The van der Waals surface area contributed by atoms with Gasteiger partial charge in [0, 0.05) is 17.6 Å². The minimum Gasteiger partial charge on any atom is -0.486 e. The summed E-state index contributed by atoms with van der Waals surface area (Å²) in [7, 11) is 0. The molecule has 0 bridgehead atoms. The summed E-state index contributed by atoms with van der Waals surface area (Å²) in [5.41, 5.74) is 6.75. The number of carbonyl (C=O) groups excluding carboxylic acids is 1. The van der Waals surface area contributed by atoms with Gasteiger partial charge in [-0.15, -0.1) is 0 Å². The lowest BCUT2D eigenvalue weighted by atomic mass is 10.0. The summed E-state index contributed by atoms with van der Waals surface area (Å²) in [4.78, 5) is 12.4. The van der Waals surface area contributed by atoms with Gasteiger partial charge in [-0.3, -0.25) is 4.79 Å². The van der Waals surface area contributed by atoms with Crippen LogP contribution in [0.1, 0.15) is 42.5 Å². The molecule has 0 radical (unpaired) electrons. The predicted octanol–water partition coefficient (Wildman–Crippen LogP) is 1.85. The molecule has 114 valence electrons. The minimum absolute atomic E-state index is 0.0497. The number of fused-ring (bicyclic) bond motifs is 1. The van der Waals surface area contributed by atoms with E-state index >= 15 is 0 Å². The van der Waals surface area contributed by atoms with E-state index in [1.54, 1.807) is 18.2 Å². The Labute approximate surface area is 124 Å². The molecule has 2 atom stereocenters. The van der Waals surface area contributed by atoms with Gasteiger partial charge in [0.15, 0.2) is 11.5 Å². The summed E-state index contributed by atoms with van der Waals surface area (Å²) in [5.74, 6) is 1.25. The zero-order valence-electron chi connectivity index (χ0n) is 12.1. The van der Waals surface area contributed by atoms with Crippen molar-refractivity contribution in [3.63, 3.8) is 0 Å². The zero-order valence-corrected chi connectivity index (χ0v) is 12.1. The third-order valence-electron chi connectivity index (χ3n) is 4.19. The van der Waals surface area contributed by atoms with E-state index in [4.69, 9.17) is 15.2 Å². The molecular weight excluding hydrogens is 268 g/mol. The van der Waals surface area contributed by atoms with Gasteiger partial charge in [-0.25, -0.2) is 0 Å². The molecule has 0 saturated heterocycles. The maximum atomic E-state index is 12.4.